The molecule has 0 radical (unpaired) electrons. The van der Waals surface area contributed by atoms with Gasteiger partial charge in [0.15, 0.2) is 0 Å². The van der Waals surface area contributed by atoms with Crippen LogP contribution < -0.4 is 0 Å². The zero-order chi connectivity index (χ0) is 26.7. The molecule has 12 heteroatoms. The molecule has 0 bridgehead atoms. The Hall–Kier alpha value is -2.61. The van der Waals surface area contributed by atoms with Crippen molar-refractivity contribution in [1.29, 1.82) is 0 Å². The fourth-order valence-electron chi connectivity index (χ4n) is 2.32. The molecule has 200 valence electrons. The summed E-state index contributed by atoms with van der Waals surface area (Å²) in [4.78, 5) is 33.3. The highest BCUT2D eigenvalue weighted by Crippen LogP contribution is 2.19. The van der Waals surface area contributed by atoms with E-state index in [9.17, 15) is 29.7 Å². The quantitative estimate of drug-likeness (QED) is 0.104. The molecule has 0 spiro atoms. The normalized spacial score (nSPS) is 15.1. The Kier molecular flexibility index (Phi) is 17.3. The van der Waals surface area contributed by atoms with Crippen LogP contribution >= 0.6 is 0 Å². The van der Waals surface area contributed by atoms with E-state index in [0.717, 1.165) is 18.2 Å². The second-order valence-electron chi connectivity index (χ2n) is 7.34. The summed E-state index contributed by atoms with van der Waals surface area (Å²) in [6, 6.07) is 0. The van der Waals surface area contributed by atoms with Gasteiger partial charge in [-0.2, -0.15) is 0 Å². The first-order valence-electron chi connectivity index (χ1n) is 10.8. The van der Waals surface area contributed by atoms with Crippen LogP contribution in [0.25, 0.3) is 0 Å². The van der Waals surface area contributed by atoms with Gasteiger partial charge in [0.2, 0.25) is 0 Å². The average molecular weight is 505 g/mol. The molecule has 0 saturated heterocycles. The van der Waals surface area contributed by atoms with E-state index >= 15 is 0 Å². The highest BCUT2D eigenvalue weighted by atomic mass is 16.6. The van der Waals surface area contributed by atoms with Crippen molar-refractivity contribution in [2.75, 3.05) is 52.9 Å². The second kappa shape index (κ2) is 18.7. The third-order valence-electron chi connectivity index (χ3n) is 4.33. The number of hydrogen-bond donors (Lipinski definition) is 3. The van der Waals surface area contributed by atoms with Crippen LogP contribution in [0.15, 0.2) is 38.0 Å². The van der Waals surface area contributed by atoms with E-state index in [4.69, 9.17) is 28.4 Å². The second-order valence-corrected chi connectivity index (χ2v) is 7.34. The van der Waals surface area contributed by atoms with E-state index in [2.05, 4.69) is 19.7 Å². The predicted octanol–water partition coefficient (Wildman–Crippen LogP) is -0.545. The van der Waals surface area contributed by atoms with Gasteiger partial charge < -0.3 is 43.7 Å². The van der Waals surface area contributed by atoms with Gasteiger partial charge in [0.1, 0.15) is 43.7 Å². The van der Waals surface area contributed by atoms with E-state index < -0.39 is 41.8 Å². The fourth-order valence-corrected chi connectivity index (χ4v) is 2.32. The Morgan fingerprint density at radius 3 is 1.34 bits per heavy atom. The van der Waals surface area contributed by atoms with Gasteiger partial charge in [-0.1, -0.05) is 26.7 Å². The molecule has 0 aromatic carbocycles. The Morgan fingerprint density at radius 1 is 0.686 bits per heavy atom. The molecule has 0 amide bonds. The Bertz CT molecular complexity index is 641. The number of rotatable bonds is 21. The van der Waals surface area contributed by atoms with Gasteiger partial charge in [-0.25, -0.2) is 14.4 Å². The molecule has 0 aromatic heterocycles. The summed E-state index contributed by atoms with van der Waals surface area (Å²) >= 11 is 0. The van der Waals surface area contributed by atoms with Crippen LogP contribution in [0.5, 0.6) is 0 Å². The van der Waals surface area contributed by atoms with Crippen molar-refractivity contribution in [1.82, 2.24) is 0 Å². The van der Waals surface area contributed by atoms with Crippen molar-refractivity contribution in [3.8, 4) is 0 Å². The van der Waals surface area contributed by atoms with E-state index in [1.54, 1.807) is 6.92 Å². The SMILES string of the molecule is C=CC(=O)OCC(O)COCC(CC)(COCC(O)COC(=O)C=C)OCC(O)COC(=O)C=C. The van der Waals surface area contributed by atoms with Gasteiger partial charge >= 0.3 is 17.9 Å². The highest BCUT2D eigenvalue weighted by molar-refractivity contribution is 5.81. The maximum Gasteiger partial charge on any atom is 0.330 e. The number of carbonyl (C=O) groups excluding carboxylic acids is 3. The molecule has 3 N–H and O–H groups in total. The molecule has 0 aliphatic rings. The topological polar surface area (TPSA) is 167 Å². The van der Waals surface area contributed by atoms with E-state index in [1.807, 2.05) is 0 Å². The van der Waals surface area contributed by atoms with Crippen molar-refractivity contribution in [2.24, 2.45) is 0 Å². The molecule has 3 unspecified atom stereocenters. The molecule has 0 fully saturated rings. The average Bonchev–Trinajstić information content (AvgIpc) is 2.86. The van der Waals surface area contributed by atoms with Gasteiger partial charge in [-0.15, -0.1) is 0 Å². The lowest BCUT2D eigenvalue weighted by atomic mass is 10.0. The van der Waals surface area contributed by atoms with Gasteiger partial charge in [0, 0.05) is 18.2 Å². The van der Waals surface area contributed by atoms with Crippen molar-refractivity contribution in [2.45, 2.75) is 37.3 Å². The first kappa shape index (κ1) is 32.4. The minimum Gasteiger partial charge on any atom is -0.460 e. The molecule has 0 heterocycles. The predicted molar refractivity (Wildman–Crippen MR) is 122 cm³/mol. The summed E-state index contributed by atoms with van der Waals surface area (Å²) in [5, 5.41) is 29.9. The van der Waals surface area contributed by atoms with E-state index in [0.29, 0.717) is 6.42 Å². The molecule has 0 aliphatic heterocycles. The zero-order valence-corrected chi connectivity index (χ0v) is 20.0. The van der Waals surface area contributed by atoms with Gasteiger partial charge in [-0.3, -0.25) is 0 Å². The summed E-state index contributed by atoms with van der Waals surface area (Å²) < 4.78 is 31.1. The molecule has 3 atom stereocenters. The van der Waals surface area contributed by atoms with Gasteiger partial charge in [0.25, 0.3) is 0 Å². The molecule has 0 rings (SSSR count). The molecule has 0 aliphatic carbocycles. The number of carbonyl (C=O) groups is 3. The molecule has 35 heavy (non-hydrogen) atoms. The van der Waals surface area contributed by atoms with Crippen LogP contribution in [0, 0.1) is 0 Å². The Labute approximate surface area is 204 Å². The third-order valence-corrected chi connectivity index (χ3v) is 4.33. The lowest BCUT2D eigenvalue weighted by Crippen LogP contribution is -2.46. The fraction of sp³-hybridized carbons (Fsp3) is 0.609. The summed E-state index contributed by atoms with van der Waals surface area (Å²) in [6.45, 7) is 9.76. The van der Waals surface area contributed by atoms with Crippen LogP contribution in [-0.2, 0) is 42.8 Å². The number of hydrogen-bond acceptors (Lipinski definition) is 12. The van der Waals surface area contributed by atoms with E-state index in [-0.39, 0.29) is 52.9 Å². The van der Waals surface area contributed by atoms with Crippen molar-refractivity contribution in [3.05, 3.63) is 38.0 Å². The maximum atomic E-state index is 11.2. The van der Waals surface area contributed by atoms with Crippen LogP contribution in [0.2, 0.25) is 0 Å². The van der Waals surface area contributed by atoms with Gasteiger partial charge in [-0.05, 0) is 6.42 Å². The first-order valence-corrected chi connectivity index (χ1v) is 10.8. The lowest BCUT2D eigenvalue weighted by Gasteiger charge is -2.34. The third kappa shape index (κ3) is 15.8. The summed E-state index contributed by atoms with van der Waals surface area (Å²) in [7, 11) is 0. The number of aliphatic hydroxyl groups is 3. The van der Waals surface area contributed by atoms with Crippen molar-refractivity contribution >= 4 is 17.9 Å². The van der Waals surface area contributed by atoms with Crippen LogP contribution in [0.1, 0.15) is 13.3 Å². The van der Waals surface area contributed by atoms with Crippen LogP contribution in [0.4, 0.5) is 0 Å². The Morgan fingerprint density at radius 2 is 1.03 bits per heavy atom. The lowest BCUT2D eigenvalue weighted by molar-refractivity contribution is -0.172. The number of esters is 3. The summed E-state index contributed by atoms with van der Waals surface area (Å²) in [5.41, 5.74) is -1.13. The monoisotopic (exact) mass is 504 g/mol. The highest BCUT2D eigenvalue weighted by Gasteiger charge is 2.32. The van der Waals surface area contributed by atoms with E-state index in [1.165, 1.54) is 0 Å². The van der Waals surface area contributed by atoms with Gasteiger partial charge in [0.05, 0.1) is 33.0 Å². The number of ether oxygens (including phenoxy) is 6. The molecule has 0 saturated carbocycles. The van der Waals surface area contributed by atoms with Crippen LogP contribution in [0.3, 0.4) is 0 Å². The van der Waals surface area contributed by atoms with Crippen molar-refractivity contribution in [3.63, 3.8) is 0 Å². The zero-order valence-electron chi connectivity index (χ0n) is 20.0. The maximum absolute atomic E-state index is 11.2. The molecular formula is C23H36O12. The largest absolute Gasteiger partial charge is 0.460 e. The van der Waals surface area contributed by atoms with Crippen molar-refractivity contribution < 1.29 is 58.1 Å². The first-order chi connectivity index (χ1) is 16.6. The summed E-state index contributed by atoms with van der Waals surface area (Å²) in [6.07, 6.45) is -0.163. The smallest absolute Gasteiger partial charge is 0.330 e. The minimum absolute atomic E-state index is 0.101. The van der Waals surface area contributed by atoms with Crippen LogP contribution in [-0.4, -0.2) is 110 Å². The summed E-state index contributed by atoms with van der Waals surface area (Å²) in [5.74, 6) is -2.07. The Balaban J connectivity index is 4.91. The molecule has 0 aromatic rings. The molecule has 12 nitrogen and oxygen atoms in total. The molecular weight excluding hydrogens is 468 g/mol. The minimum atomic E-state index is -1.15. The standard InChI is InChI=1S/C23H36O12/c1-5-20(27)32-11-17(24)9-30-15-23(8-4,35-14-19(26)13-34-22(29)7-3)16-31-10-18(25)12-33-21(28)6-2/h5-7,17-19,24-26H,1-3,8-16H2,4H3. The number of aliphatic hydroxyl groups excluding tert-OH is 3.